The fourth-order valence-corrected chi connectivity index (χ4v) is 1.42. The van der Waals surface area contributed by atoms with E-state index in [0.717, 1.165) is 4.90 Å². The number of rotatable bonds is 5. The van der Waals surface area contributed by atoms with Crippen molar-refractivity contribution in [3.8, 4) is 0 Å². The molecule has 0 saturated carbocycles. The van der Waals surface area contributed by atoms with Crippen LogP contribution in [-0.4, -0.2) is 45.9 Å². The number of aryl methyl sites for hydroxylation is 2. The average Bonchev–Trinajstić information content (AvgIpc) is 2.54. The van der Waals surface area contributed by atoms with Gasteiger partial charge in [-0.05, 0) is 6.92 Å². The topological polar surface area (TPSA) is 127 Å². The number of aliphatic carboxylic acids is 1. The van der Waals surface area contributed by atoms with Crippen molar-refractivity contribution in [1.29, 1.82) is 0 Å². The molecule has 8 heteroatoms. The lowest BCUT2D eigenvalue weighted by Crippen LogP contribution is -2.41. The Morgan fingerprint density at radius 3 is 2.33 bits per heavy atom. The van der Waals surface area contributed by atoms with Gasteiger partial charge in [-0.25, -0.2) is 4.98 Å². The fraction of sp³-hybridized carbons (Fsp3) is 0.400. The Bertz CT molecular complexity index is 478. The van der Waals surface area contributed by atoms with Crippen molar-refractivity contribution >= 4 is 17.8 Å². The van der Waals surface area contributed by atoms with Crippen molar-refractivity contribution in [2.24, 2.45) is 5.73 Å². The molecule has 0 fully saturated rings. The maximum atomic E-state index is 12.0. The van der Waals surface area contributed by atoms with Gasteiger partial charge in [-0.1, -0.05) is 0 Å². The van der Waals surface area contributed by atoms with Gasteiger partial charge in [0.15, 0.2) is 5.89 Å². The lowest BCUT2D eigenvalue weighted by Gasteiger charge is -2.17. The van der Waals surface area contributed by atoms with Gasteiger partial charge in [0.25, 0.3) is 5.91 Å². The normalized spacial score (nSPS) is 10.1. The molecular formula is C10H13N3O5. The zero-order chi connectivity index (χ0) is 13.9. The molecule has 8 nitrogen and oxygen atoms in total. The van der Waals surface area contributed by atoms with Gasteiger partial charge in [-0.2, -0.15) is 0 Å². The molecule has 0 aromatic carbocycles. The Balaban J connectivity index is 2.97. The summed E-state index contributed by atoms with van der Waals surface area (Å²) in [6, 6.07) is 0. The van der Waals surface area contributed by atoms with Crippen molar-refractivity contribution in [2.45, 2.75) is 13.8 Å². The second kappa shape index (κ2) is 5.30. The summed E-state index contributed by atoms with van der Waals surface area (Å²) in [6.45, 7) is 1.97. The van der Waals surface area contributed by atoms with Gasteiger partial charge in [-0.15, -0.1) is 0 Å². The number of oxazole rings is 1. The highest BCUT2D eigenvalue weighted by molar-refractivity contribution is 5.96. The highest BCUT2D eigenvalue weighted by Gasteiger charge is 2.25. The van der Waals surface area contributed by atoms with E-state index >= 15 is 0 Å². The first-order valence-electron chi connectivity index (χ1n) is 5.04. The third-order valence-corrected chi connectivity index (χ3v) is 2.06. The minimum absolute atomic E-state index is 0.0880. The molecule has 1 aromatic rings. The summed E-state index contributed by atoms with van der Waals surface area (Å²) in [6.07, 6.45) is 0. The summed E-state index contributed by atoms with van der Waals surface area (Å²) in [7, 11) is 0. The number of nitrogens with zero attached hydrogens (tertiary/aromatic N) is 2. The highest BCUT2D eigenvalue weighted by atomic mass is 16.4. The van der Waals surface area contributed by atoms with Crippen molar-refractivity contribution in [2.75, 3.05) is 13.1 Å². The molecule has 1 rings (SSSR count). The summed E-state index contributed by atoms with van der Waals surface area (Å²) in [4.78, 5) is 38.1. The average molecular weight is 255 g/mol. The minimum atomic E-state index is -1.25. The number of carbonyl (C=O) groups excluding carboxylic acids is 2. The Morgan fingerprint density at radius 2 is 1.94 bits per heavy atom. The Kier molecular flexibility index (Phi) is 4.03. The summed E-state index contributed by atoms with van der Waals surface area (Å²) < 4.78 is 5.07. The van der Waals surface area contributed by atoms with E-state index in [1.807, 2.05) is 0 Å². The SMILES string of the molecule is Cc1nc(C)c(C(=O)N(CC(N)=O)CC(=O)O)o1. The molecular weight excluding hydrogens is 242 g/mol. The quantitative estimate of drug-likeness (QED) is 0.716. The number of primary amides is 1. The summed E-state index contributed by atoms with van der Waals surface area (Å²) in [5, 5.41) is 8.67. The van der Waals surface area contributed by atoms with Gasteiger partial charge < -0.3 is 20.2 Å². The van der Waals surface area contributed by atoms with Crippen molar-refractivity contribution < 1.29 is 23.9 Å². The van der Waals surface area contributed by atoms with Gasteiger partial charge in [0.2, 0.25) is 11.7 Å². The molecule has 1 heterocycles. The molecule has 0 bridgehead atoms. The number of carboxylic acid groups (broad SMARTS) is 1. The van der Waals surface area contributed by atoms with Crippen LogP contribution in [0, 0.1) is 13.8 Å². The Hall–Kier alpha value is -2.38. The largest absolute Gasteiger partial charge is 0.480 e. The first-order chi connectivity index (χ1) is 8.31. The lowest BCUT2D eigenvalue weighted by atomic mass is 10.3. The number of amides is 2. The summed E-state index contributed by atoms with van der Waals surface area (Å²) >= 11 is 0. The van der Waals surface area contributed by atoms with Crippen molar-refractivity contribution in [3.05, 3.63) is 17.3 Å². The number of hydrogen-bond acceptors (Lipinski definition) is 5. The van der Waals surface area contributed by atoms with Crippen LogP contribution in [0.2, 0.25) is 0 Å². The molecule has 1 aromatic heterocycles. The zero-order valence-corrected chi connectivity index (χ0v) is 9.97. The Morgan fingerprint density at radius 1 is 1.33 bits per heavy atom. The molecule has 3 N–H and O–H groups in total. The van der Waals surface area contributed by atoms with E-state index in [1.165, 1.54) is 0 Å². The second-order valence-electron chi connectivity index (χ2n) is 3.67. The van der Waals surface area contributed by atoms with E-state index in [0.29, 0.717) is 5.69 Å². The minimum Gasteiger partial charge on any atom is -0.480 e. The van der Waals surface area contributed by atoms with Crippen LogP contribution in [-0.2, 0) is 9.59 Å². The first-order valence-corrected chi connectivity index (χ1v) is 5.04. The smallest absolute Gasteiger partial charge is 0.323 e. The molecule has 0 aliphatic rings. The van der Waals surface area contributed by atoms with E-state index in [4.69, 9.17) is 15.3 Å². The summed E-state index contributed by atoms with van der Waals surface area (Å²) in [5.41, 5.74) is 5.29. The maximum Gasteiger partial charge on any atom is 0.323 e. The predicted molar refractivity (Wildman–Crippen MR) is 58.7 cm³/mol. The third kappa shape index (κ3) is 3.30. The molecule has 0 radical (unpaired) electrons. The molecule has 0 saturated heterocycles. The van der Waals surface area contributed by atoms with E-state index in [2.05, 4.69) is 4.98 Å². The van der Waals surface area contributed by atoms with E-state index in [1.54, 1.807) is 13.8 Å². The van der Waals surface area contributed by atoms with Crippen molar-refractivity contribution in [3.63, 3.8) is 0 Å². The zero-order valence-electron chi connectivity index (χ0n) is 9.97. The van der Waals surface area contributed by atoms with Crippen LogP contribution >= 0.6 is 0 Å². The Labute approximate surface area is 102 Å². The molecule has 0 spiro atoms. The van der Waals surface area contributed by atoms with Crippen LogP contribution in [0.15, 0.2) is 4.42 Å². The molecule has 98 valence electrons. The summed E-state index contributed by atoms with van der Waals surface area (Å²) in [5.74, 6) is -2.59. The fourth-order valence-electron chi connectivity index (χ4n) is 1.42. The first kappa shape index (κ1) is 13.7. The van der Waals surface area contributed by atoms with Crippen LogP contribution in [0.1, 0.15) is 22.1 Å². The van der Waals surface area contributed by atoms with Gasteiger partial charge in [0.05, 0.1) is 5.69 Å². The van der Waals surface area contributed by atoms with Crippen LogP contribution in [0.25, 0.3) is 0 Å². The van der Waals surface area contributed by atoms with Crippen LogP contribution in [0.3, 0.4) is 0 Å². The number of carboxylic acids is 1. The highest BCUT2D eigenvalue weighted by Crippen LogP contribution is 2.12. The molecule has 0 aliphatic carbocycles. The van der Waals surface area contributed by atoms with E-state index < -0.39 is 30.9 Å². The maximum absolute atomic E-state index is 12.0. The number of carbonyl (C=O) groups is 3. The van der Waals surface area contributed by atoms with E-state index in [-0.39, 0.29) is 11.7 Å². The third-order valence-electron chi connectivity index (χ3n) is 2.06. The molecule has 0 aliphatic heterocycles. The predicted octanol–water partition coefficient (Wildman–Crippen LogP) is -0.696. The molecule has 0 atom stereocenters. The molecule has 2 amide bonds. The number of nitrogens with two attached hydrogens (primary N) is 1. The van der Waals surface area contributed by atoms with Gasteiger partial charge in [0.1, 0.15) is 13.1 Å². The number of hydrogen-bond donors (Lipinski definition) is 2. The van der Waals surface area contributed by atoms with Crippen LogP contribution in [0.5, 0.6) is 0 Å². The van der Waals surface area contributed by atoms with E-state index in [9.17, 15) is 14.4 Å². The second-order valence-corrected chi connectivity index (χ2v) is 3.67. The van der Waals surface area contributed by atoms with Crippen LogP contribution in [0.4, 0.5) is 0 Å². The van der Waals surface area contributed by atoms with Crippen LogP contribution < -0.4 is 5.73 Å². The van der Waals surface area contributed by atoms with Gasteiger partial charge >= 0.3 is 5.97 Å². The standard InChI is InChI=1S/C10H13N3O5/c1-5-9(18-6(2)12-5)10(17)13(3-7(11)14)4-8(15)16/h3-4H2,1-2H3,(H2,11,14)(H,15,16). The lowest BCUT2D eigenvalue weighted by molar-refractivity contribution is -0.138. The molecule has 0 unspecified atom stereocenters. The monoisotopic (exact) mass is 255 g/mol. The van der Waals surface area contributed by atoms with Gasteiger partial charge in [-0.3, -0.25) is 14.4 Å². The van der Waals surface area contributed by atoms with Crippen molar-refractivity contribution in [1.82, 2.24) is 9.88 Å². The number of aromatic nitrogens is 1. The molecule has 18 heavy (non-hydrogen) atoms. The van der Waals surface area contributed by atoms with Gasteiger partial charge in [0, 0.05) is 6.92 Å².